The van der Waals surface area contributed by atoms with Gasteiger partial charge in [-0.25, -0.2) is 0 Å². The molecule has 0 radical (unpaired) electrons. The average Bonchev–Trinajstić information content (AvgIpc) is 3.26. The van der Waals surface area contributed by atoms with E-state index in [0.717, 1.165) is 38.5 Å². The first-order valence-corrected chi connectivity index (χ1v) is 27.7. The van der Waals surface area contributed by atoms with Crippen molar-refractivity contribution in [2.24, 2.45) is 0 Å². The van der Waals surface area contributed by atoms with Crippen LogP contribution < -0.4 is 5.32 Å². The van der Waals surface area contributed by atoms with E-state index < -0.39 is 24.2 Å². The van der Waals surface area contributed by atoms with Gasteiger partial charge in [0.25, 0.3) is 0 Å². The first kappa shape index (κ1) is 59.8. The average molecular weight is 860 g/mol. The lowest BCUT2D eigenvalue weighted by molar-refractivity contribution is -0.131. The van der Waals surface area contributed by atoms with E-state index in [1.165, 1.54) is 244 Å². The molecule has 0 aromatic heterocycles. The van der Waals surface area contributed by atoms with Gasteiger partial charge in [-0.05, 0) is 32.1 Å². The lowest BCUT2D eigenvalue weighted by atomic mass is 10.0. The number of carbonyl (C=O) groups is 1. The van der Waals surface area contributed by atoms with Crippen LogP contribution in [0.4, 0.5) is 0 Å². The highest BCUT2D eigenvalue weighted by atomic mass is 16.3. The topological polar surface area (TPSA) is 89.8 Å². The summed E-state index contributed by atoms with van der Waals surface area (Å²) in [6.45, 7) is 4.19. The molecule has 0 aliphatic heterocycles. The molecule has 0 saturated carbocycles. The van der Waals surface area contributed by atoms with Gasteiger partial charge < -0.3 is 20.6 Å². The Labute approximate surface area is 382 Å². The van der Waals surface area contributed by atoms with Gasteiger partial charge in [-0.2, -0.15) is 0 Å². The van der Waals surface area contributed by atoms with Gasteiger partial charge in [0.05, 0.1) is 18.8 Å². The molecule has 0 aliphatic rings. The third-order valence-corrected chi connectivity index (χ3v) is 13.0. The molecule has 0 aromatic rings. The highest BCUT2D eigenvalue weighted by Crippen LogP contribution is 2.18. The number of hydrogen-bond acceptors (Lipinski definition) is 4. The van der Waals surface area contributed by atoms with Crippen LogP contribution in [0.3, 0.4) is 0 Å². The molecule has 0 bridgehead atoms. The molecule has 3 atom stereocenters. The Hall–Kier alpha value is -1.17. The molecular formula is C56H109NO4. The fourth-order valence-electron chi connectivity index (χ4n) is 8.73. The second kappa shape index (κ2) is 51.5. The van der Waals surface area contributed by atoms with Crippen LogP contribution in [0.25, 0.3) is 0 Å². The summed E-state index contributed by atoms with van der Waals surface area (Å²) in [5.41, 5.74) is 0. The summed E-state index contributed by atoms with van der Waals surface area (Å²) in [5.74, 6) is -0.508. The summed E-state index contributed by atoms with van der Waals surface area (Å²) in [6, 6.07) is -0.811. The number of amides is 1. The fraction of sp³-hybridized carbons (Fsp3) is 0.911. The predicted molar refractivity (Wildman–Crippen MR) is 268 cm³/mol. The van der Waals surface area contributed by atoms with Crippen LogP contribution in [0.5, 0.6) is 0 Å². The van der Waals surface area contributed by atoms with Crippen molar-refractivity contribution in [1.82, 2.24) is 5.32 Å². The highest BCUT2D eigenvalue weighted by molar-refractivity contribution is 5.80. The summed E-state index contributed by atoms with van der Waals surface area (Å²) in [5, 5.41) is 33.2. The monoisotopic (exact) mass is 860 g/mol. The fourth-order valence-corrected chi connectivity index (χ4v) is 8.73. The second-order valence-corrected chi connectivity index (χ2v) is 19.1. The molecule has 0 aliphatic carbocycles. The predicted octanol–water partition coefficient (Wildman–Crippen LogP) is 16.9. The molecule has 4 N–H and O–H groups in total. The first-order chi connectivity index (χ1) is 30.1. The van der Waals surface area contributed by atoms with E-state index in [-0.39, 0.29) is 6.61 Å². The summed E-state index contributed by atoms with van der Waals surface area (Å²) >= 11 is 0. The summed E-state index contributed by atoms with van der Waals surface area (Å²) in [6.07, 6.45) is 65.5. The second-order valence-electron chi connectivity index (χ2n) is 19.1. The number of nitrogens with one attached hydrogen (secondary N) is 1. The summed E-state index contributed by atoms with van der Waals surface area (Å²) < 4.78 is 0. The molecule has 362 valence electrons. The van der Waals surface area contributed by atoms with Crippen LogP contribution in [0.1, 0.15) is 303 Å². The Morgan fingerprint density at radius 3 is 1.00 bits per heavy atom. The van der Waals surface area contributed by atoms with Gasteiger partial charge in [0.1, 0.15) is 6.10 Å². The maximum atomic E-state index is 12.5. The lowest BCUT2D eigenvalue weighted by Gasteiger charge is -2.21. The Kier molecular flexibility index (Phi) is 50.5. The number of carbonyl (C=O) groups excluding carboxylic acids is 1. The lowest BCUT2D eigenvalue weighted by Crippen LogP contribution is -2.48. The third-order valence-electron chi connectivity index (χ3n) is 13.0. The van der Waals surface area contributed by atoms with E-state index in [1.54, 1.807) is 6.08 Å². The molecule has 0 spiro atoms. The number of unbranched alkanes of at least 4 members (excludes halogenated alkanes) is 41. The van der Waals surface area contributed by atoms with Gasteiger partial charge in [-0.3, -0.25) is 4.79 Å². The van der Waals surface area contributed by atoms with Gasteiger partial charge in [0.15, 0.2) is 0 Å². The van der Waals surface area contributed by atoms with Crippen molar-refractivity contribution >= 4 is 5.91 Å². The minimum Gasteiger partial charge on any atom is -0.394 e. The Morgan fingerprint density at radius 1 is 0.393 bits per heavy atom. The third kappa shape index (κ3) is 46.6. The molecule has 0 saturated heterocycles. The zero-order valence-electron chi connectivity index (χ0n) is 41.3. The minimum absolute atomic E-state index is 0.373. The van der Waals surface area contributed by atoms with Crippen molar-refractivity contribution in [2.75, 3.05) is 6.61 Å². The van der Waals surface area contributed by atoms with Crippen LogP contribution >= 0.6 is 0 Å². The maximum Gasteiger partial charge on any atom is 0.249 e. The van der Waals surface area contributed by atoms with Gasteiger partial charge >= 0.3 is 0 Å². The number of hydrogen-bond donors (Lipinski definition) is 4. The van der Waals surface area contributed by atoms with Gasteiger partial charge in [0, 0.05) is 0 Å². The van der Waals surface area contributed by atoms with Crippen molar-refractivity contribution in [2.45, 2.75) is 321 Å². The quantitative estimate of drug-likeness (QED) is 0.0362. The molecule has 0 aromatic carbocycles. The van der Waals surface area contributed by atoms with Crippen molar-refractivity contribution in [3.63, 3.8) is 0 Å². The Morgan fingerprint density at radius 2 is 0.672 bits per heavy atom. The van der Waals surface area contributed by atoms with E-state index in [1.807, 2.05) is 6.08 Å². The van der Waals surface area contributed by atoms with Crippen LogP contribution in [-0.4, -0.2) is 46.1 Å². The molecule has 5 nitrogen and oxygen atoms in total. The molecule has 61 heavy (non-hydrogen) atoms. The molecule has 5 heteroatoms. The first-order valence-electron chi connectivity index (χ1n) is 27.7. The van der Waals surface area contributed by atoms with Crippen LogP contribution in [0.15, 0.2) is 24.3 Å². The highest BCUT2D eigenvalue weighted by Gasteiger charge is 2.22. The molecule has 0 heterocycles. The zero-order valence-corrected chi connectivity index (χ0v) is 41.3. The molecule has 3 unspecified atom stereocenters. The Balaban J connectivity index is 3.50. The summed E-state index contributed by atoms with van der Waals surface area (Å²) in [4.78, 5) is 12.5. The largest absolute Gasteiger partial charge is 0.394 e. The van der Waals surface area contributed by atoms with Crippen molar-refractivity contribution in [1.29, 1.82) is 0 Å². The number of allylic oxidation sites excluding steroid dienone is 3. The van der Waals surface area contributed by atoms with Crippen molar-refractivity contribution < 1.29 is 20.1 Å². The van der Waals surface area contributed by atoms with Crippen molar-refractivity contribution in [3.05, 3.63) is 24.3 Å². The molecule has 1 amide bonds. The van der Waals surface area contributed by atoms with E-state index >= 15 is 0 Å². The van der Waals surface area contributed by atoms with Crippen LogP contribution in [0, 0.1) is 0 Å². The normalized spacial score (nSPS) is 13.5. The van der Waals surface area contributed by atoms with E-state index in [2.05, 4.69) is 31.3 Å². The standard InChI is InChI=1S/C56H109NO4/c1-3-5-7-9-11-13-15-17-19-20-21-22-23-24-25-26-27-28-29-30-31-32-33-34-35-37-39-41-43-45-47-49-51-55(60)56(61)57-53(52-58)54(59)50-48-46-44-42-40-38-36-18-16-14-12-10-8-6-4-2/h40,42,48,50,53-55,58-60H,3-39,41,43-47,49,51-52H2,1-2H3,(H,57,61)/b42-40+,50-48+. The Bertz CT molecular complexity index is 905. The van der Waals surface area contributed by atoms with Crippen molar-refractivity contribution in [3.8, 4) is 0 Å². The van der Waals surface area contributed by atoms with E-state index in [9.17, 15) is 20.1 Å². The smallest absolute Gasteiger partial charge is 0.249 e. The van der Waals surface area contributed by atoms with E-state index in [4.69, 9.17) is 0 Å². The van der Waals surface area contributed by atoms with Crippen LogP contribution in [0.2, 0.25) is 0 Å². The molecule has 0 fully saturated rings. The van der Waals surface area contributed by atoms with E-state index in [0.29, 0.717) is 6.42 Å². The minimum atomic E-state index is -1.10. The number of rotatable bonds is 51. The molecule has 0 rings (SSSR count). The number of aliphatic hydroxyl groups excluding tert-OH is 3. The summed E-state index contributed by atoms with van der Waals surface area (Å²) in [7, 11) is 0. The number of aliphatic hydroxyl groups is 3. The maximum absolute atomic E-state index is 12.5. The molecular weight excluding hydrogens is 751 g/mol. The zero-order chi connectivity index (χ0) is 44.4. The van der Waals surface area contributed by atoms with Gasteiger partial charge in [-0.15, -0.1) is 0 Å². The SMILES string of the molecule is CCCCCCCCCCC/C=C/CC/C=C/C(O)C(CO)NC(=O)C(O)CCCCCCCCCCCCCCCCCCCCCCCCCCCCCCCCCC. The van der Waals surface area contributed by atoms with Gasteiger partial charge in [0.2, 0.25) is 5.91 Å². The van der Waals surface area contributed by atoms with Gasteiger partial charge in [-0.1, -0.05) is 295 Å². The van der Waals surface area contributed by atoms with Crippen LogP contribution in [-0.2, 0) is 4.79 Å².